The predicted molar refractivity (Wildman–Crippen MR) is 87.6 cm³/mol. The number of carbonyl (C=O) groups excluding carboxylic acids is 1. The van der Waals surface area contributed by atoms with Gasteiger partial charge in [0, 0.05) is 45.0 Å². The van der Waals surface area contributed by atoms with Crippen LogP contribution in [0.4, 0.5) is 23.7 Å². The molecule has 0 spiro atoms. The third-order valence-electron chi connectivity index (χ3n) is 4.62. The zero-order valence-corrected chi connectivity index (χ0v) is 13.9. The van der Waals surface area contributed by atoms with Gasteiger partial charge in [0.2, 0.25) is 0 Å². The van der Waals surface area contributed by atoms with Gasteiger partial charge in [-0.3, -0.25) is 0 Å². The monoisotopic (exact) mass is 357 g/mol. The van der Waals surface area contributed by atoms with Crippen LogP contribution in [0, 0.1) is 0 Å². The number of halogens is 3. The Morgan fingerprint density at radius 1 is 1.20 bits per heavy atom. The van der Waals surface area contributed by atoms with Crippen LogP contribution >= 0.6 is 0 Å². The van der Waals surface area contributed by atoms with Gasteiger partial charge in [0.25, 0.3) is 0 Å². The minimum absolute atomic E-state index is 0.0731. The summed E-state index contributed by atoms with van der Waals surface area (Å²) in [7, 11) is 0. The van der Waals surface area contributed by atoms with Crippen molar-refractivity contribution in [2.75, 3.05) is 44.2 Å². The Kier molecular flexibility index (Phi) is 5.36. The van der Waals surface area contributed by atoms with Gasteiger partial charge in [0.1, 0.15) is 0 Å². The number of rotatable bonds is 3. The molecule has 2 saturated heterocycles. The highest BCUT2D eigenvalue weighted by Gasteiger charge is 2.35. The first-order valence-electron chi connectivity index (χ1n) is 8.50. The first-order chi connectivity index (χ1) is 11.9. The van der Waals surface area contributed by atoms with Gasteiger partial charge in [-0.15, -0.1) is 0 Å². The minimum Gasteiger partial charge on any atom is -0.376 e. The number of nitrogens with one attached hydrogen (secondary N) is 1. The summed E-state index contributed by atoms with van der Waals surface area (Å²) >= 11 is 0. The molecule has 1 atom stereocenters. The summed E-state index contributed by atoms with van der Waals surface area (Å²) < 4.78 is 44.9. The highest BCUT2D eigenvalue weighted by molar-refractivity contribution is 5.74. The van der Waals surface area contributed by atoms with Gasteiger partial charge in [0.05, 0.1) is 11.7 Å². The molecule has 5 nitrogen and oxygen atoms in total. The van der Waals surface area contributed by atoms with Gasteiger partial charge < -0.3 is 19.9 Å². The molecule has 0 aliphatic carbocycles. The molecule has 0 radical (unpaired) electrons. The summed E-state index contributed by atoms with van der Waals surface area (Å²) in [5.74, 6) is 0. The van der Waals surface area contributed by atoms with Crippen LogP contribution in [0.25, 0.3) is 0 Å². The van der Waals surface area contributed by atoms with E-state index in [4.69, 9.17) is 4.74 Å². The molecule has 8 heteroatoms. The van der Waals surface area contributed by atoms with Crippen molar-refractivity contribution in [2.24, 2.45) is 0 Å². The van der Waals surface area contributed by atoms with E-state index in [0.717, 1.165) is 25.5 Å². The van der Waals surface area contributed by atoms with E-state index in [1.54, 1.807) is 15.9 Å². The number of carbonyl (C=O) groups is 1. The van der Waals surface area contributed by atoms with E-state index in [2.05, 4.69) is 5.32 Å². The van der Waals surface area contributed by atoms with Crippen LogP contribution in [-0.2, 0) is 10.9 Å². The molecule has 2 aliphatic heterocycles. The van der Waals surface area contributed by atoms with E-state index >= 15 is 0 Å². The zero-order chi connectivity index (χ0) is 17.9. The van der Waals surface area contributed by atoms with Crippen molar-refractivity contribution in [3.05, 3.63) is 29.8 Å². The number of para-hydroxylation sites is 1. The molecule has 2 aliphatic rings. The first kappa shape index (κ1) is 17.8. The van der Waals surface area contributed by atoms with Crippen LogP contribution in [0.5, 0.6) is 0 Å². The Morgan fingerprint density at radius 3 is 2.56 bits per heavy atom. The summed E-state index contributed by atoms with van der Waals surface area (Å²) in [5, 5.41) is 2.85. The van der Waals surface area contributed by atoms with E-state index in [1.807, 2.05) is 0 Å². The van der Waals surface area contributed by atoms with Gasteiger partial charge in [-0.25, -0.2) is 4.79 Å². The SMILES string of the molecule is O=C(NCC1CCCO1)N1CCN(c2ccccc2C(F)(F)F)CC1. The molecule has 0 aromatic heterocycles. The second-order valence-corrected chi connectivity index (χ2v) is 6.31. The molecule has 138 valence electrons. The summed E-state index contributed by atoms with van der Waals surface area (Å²) in [6.07, 6.45) is -2.35. The van der Waals surface area contributed by atoms with Gasteiger partial charge in [-0.1, -0.05) is 12.1 Å². The number of hydrogen-bond acceptors (Lipinski definition) is 3. The molecule has 1 aromatic rings. The standard InChI is InChI=1S/C17H22F3N3O2/c18-17(19,20)14-5-1-2-6-15(14)22-7-9-23(10-8-22)16(24)21-12-13-4-3-11-25-13/h1-2,5-6,13H,3-4,7-12H2,(H,21,24). The molecule has 1 aromatic carbocycles. The van der Waals surface area contributed by atoms with Crippen LogP contribution in [-0.4, -0.2) is 56.4 Å². The number of piperazine rings is 1. The van der Waals surface area contributed by atoms with Crippen LogP contribution < -0.4 is 10.2 Å². The molecule has 2 fully saturated rings. The lowest BCUT2D eigenvalue weighted by molar-refractivity contribution is -0.137. The summed E-state index contributed by atoms with van der Waals surface area (Å²) in [4.78, 5) is 15.5. The van der Waals surface area contributed by atoms with Crippen LogP contribution in [0.15, 0.2) is 24.3 Å². The molecule has 25 heavy (non-hydrogen) atoms. The Bertz CT molecular complexity index is 595. The third-order valence-corrected chi connectivity index (χ3v) is 4.62. The van der Waals surface area contributed by atoms with E-state index in [-0.39, 0.29) is 17.8 Å². The average Bonchev–Trinajstić information content (AvgIpc) is 3.13. The normalized spacial score (nSPS) is 21.5. The van der Waals surface area contributed by atoms with Crippen molar-refractivity contribution < 1.29 is 22.7 Å². The maximum absolute atomic E-state index is 13.1. The van der Waals surface area contributed by atoms with E-state index in [9.17, 15) is 18.0 Å². The lowest BCUT2D eigenvalue weighted by Crippen LogP contribution is -2.53. The Labute approximate surface area is 144 Å². The minimum atomic E-state index is -4.38. The number of nitrogens with zero attached hydrogens (tertiary/aromatic N) is 2. The first-order valence-corrected chi connectivity index (χ1v) is 8.50. The molecular formula is C17H22F3N3O2. The Morgan fingerprint density at radius 2 is 1.92 bits per heavy atom. The number of urea groups is 1. The van der Waals surface area contributed by atoms with Crippen LogP contribution in [0.3, 0.4) is 0 Å². The number of hydrogen-bond donors (Lipinski definition) is 1. The third kappa shape index (κ3) is 4.36. The molecule has 0 saturated carbocycles. The number of anilines is 1. The predicted octanol–water partition coefficient (Wildman–Crippen LogP) is 2.72. The molecule has 2 heterocycles. The van der Waals surface area contributed by atoms with Gasteiger partial charge in [-0.2, -0.15) is 13.2 Å². The molecule has 2 amide bonds. The van der Waals surface area contributed by atoms with Crippen LogP contribution in [0.1, 0.15) is 18.4 Å². The maximum Gasteiger partial charge on any atom is 0.418 e. The van der Waals surface area contributed by atoms with E-state index in [0.29, 0.717) is 32.7 Å². The lowest BCUT2D eigenvalue weighted by Gasteiger charge is -2.37. The highest BCUT2D eigenvalue weighted by Crippen LogP contribution is 2.36. The topological polar surface area (TPSA) is 44.8 Å². The largest absolute Gasteiger partial charge is 0.418 e. The zero-order valence-electron chi connectivity index (χ0n) is 13.9. The van der Waals surface area contributed by atoms with Gasteiger partial charge >= 0.3 is 12.2 Å². The fourth-order valence-electron chi connectivity index (χ4n) is 3.26. The highest BCUT2D eigenvalue weighted by atomic mass is 19.4. The molecule has 3 rings (SSSR count). The number of amides is 2. The fraction of sp³-hybridized carbons (Fsp3) is 0.588. The van der Waals surface area contributed by atoms with Crippen molar-refractivity contribution in [1.82, 2.24) is 10.2 Å². The fourth-order valence-corrected chi connectivity index (χ4v) is 3.26. The maximum atomic E-state index is 13.1. The van der Waals surface area contributed by atoms with Crippen molar-refractivity contribution in [1.29, 1.82) is 0 Å². The number of ether oxygens (including phenoxy) is 1. The quantitative estimate of drug-likeness (QED) is 0.905. The average molecular weight is 357 g/mol. The van der Waals surface area contributed by atoms with Crippen molar-refractivity contribution in [3.8, 4) is 0 Å². The second-order valence-electron chi connectivity index (χ2n) is 6.31. The molecular weight excluding hydrogens is 335 g/mol. The van der Waals surface area contributed by atoms with Gasteiger partial charge in [-0.05, 0) is 25.0 Å². The van der Waals surface area contributed by atoms with Gasteiger partial charge in [0.15, 0.2) is 0 Å². The Balaban J connectivity index is 1.54. The van der Waals surface area contributed by atoms with Crippen LogP contribution in [0.2, 0.25) is 0 Å². The van der Waals surface area contributed by atoms with Crippen molar-refractivity contribution in [2.45, 2.75) is 25.1 Å². The molecule has 0 bridgehead atoms. The smallest absolute Gasteiger partial charge is 0.376 e. The van der Waals surface area contributed by atoms with Crippen molar-refractivity contribution in [3.63, 3.8) is 0 Å². The molecule has 1 unspecified atom stereocenters. The number of benzene rings is 1. The molecule has 1 N–H and O–H groups in total. The summed E-state index contributed by atoms with van der Waals surface area (Å²) in [6.45, 7) is 2.75. The van der Waals surface area contributed by atoms with Crippen molar-refractivity contribution >= 4 is 11.7 Å². The summed E-state index contributed by atoms with van der Waals surface area (Å²) in [6, 6.07) is 5.39. The van der Waals surface area contributed by atoms with E-state index < -0.39 is 11.7 Å². The lowest BCUT2D eigenvalue weighted by atomic mass is 10.1. The summed E-state index contributed by atoms with van der Waals surface area (Å²) in [5.41, 5.74) is -0.458. The Hall–Kier alpha value is -1.96. The number of alkyl halides is 3. The van der Waals surface area contributed by atoms with E-state index in [1.165, 1.54) is 12.1 Å². The second kappa shape index (κ2) is 7.51.